The summed E-state index contributed by atoms with van der Waals surface area (Å²) in [4.78, 5) is 23.9. The molecule has 0 aliphatic heterocycles. The standard InChI is InChI=1S/C15H25NO4SSi/c1-10(20-22(6,7)15(2,3)4)12(17)16-13-11(8-9-21-13)14(18)19-5/h8-10H,1-7H3,(H,16,17). The molecule has 0 saturated carbocycles. The second-order valence-electron chi connectivity index (χ2n) is 6.66. The predicted octanol–water partition coefficient (Wildman–Crippen LogP) is 3.88. The molecule has 0 saturated heterocycles. The molecule has 22 heavy (non-hydrogen) atoms. The van der Waals surface area contributed by atoms with Crippen LogP contribution in [-0.4, -0.2) is 33.4 Å². The highest BCUT2D eigenvalue weighted by atomic mass is 32.1. The quantitative estimate of drug-likeness (QED) is 0.651. The molecule has 1 aromatic heterocycles. The minimum atomic E-state index is -2.02. The first kappa shape index (κ1) is 18.9. The van der Waals surface area contributed by atoms with Crippen LogP contribution in [0, 0.1) is 0 Å². The van der Waals surface area contributed by atoms with Crippen molar-refractivity contribution < 1.29 is 18.8 Å². The van der Waals surface area contributed by atoms with E-state index in [2.05, 4.69) is 39.2 Å². The number of carbonyl (C=O) groups excluding carboxylic acids is 2. The lowest BCUT2D eigenvalue weighted by atomic mass is 10.2. The van der Waals surface area contributed by atoms with Crippen LogP contribution in [0.1, 0.15) is 38.1 Å². The van der Waals surface area contributed by atoms with Crippen molar-refractivity contribution >= 4 is 36.5 Å². The lowest BCUT2D eigenvalue weighted by Crippen LogP contribution is -2.46. The first-order valence-corrected chi connectivity index (χ1v) is 10.9. The number of methoxy groups -OCH3 is 1. The molecule has 1 unspecified atom stereocenters. The third-order valence-corrected chi connectivity index (χ3v) is 9.34. The number of amides is 1. The highest BCUT2D eigenvalue weighted by molar-refractivity contribution is 7.14. The number of hydrogen-bond donors (Lipinski definition) is 1. The zero-order valence-electron chi connectivity index (χ0n) is 14.3. The van der Waals surface area contributed by atoms with Gasteiger partial charge >= 0.3 is 5.97 Å². The van der Waals surface area contributed by atoms with Gasteiger partial charge in [-0.1, -0.05) is 20.8 Å². The van der Waals surface area contributed by atoms with Crippen LogP contribution in [0.2, 0.25) is 18.1 Å². The number of esters is 1. The van der Waals surface area contributed by atoms with E-state index in [0.717, 1.165) is 0 Å². The molecule has 0 spiro atoms. The van der Waals surface area contributed by atoms with Gasteiger partial charge in [-0.2, -0.15) is 0 Å². The summed E-state index contributed by atoms with van der Waals surface area (Å²) in [6.45, 7) is 12.3. The molecule has 1 rings (SSSR count). The van der Waals surface area contributed by atoms with E-state index in [4.69, 9.17) is 9.16 Å². The number of hydrogen-bond acceptors (Lipinski definition) is 5. The topological polar surface area (TPSA) is 64.6 Å². The summed E-state index contributed by atoms with van der Waals surface area (Å²) in [5.74, 6) is -0.716. The van der Waals surface area contributed by atoms with Gasteiger partial charge in [0.15, 0.2) is 8.32 Å². The maximum Gasteiger partial charge on any atom is 0.340 e. The average Bonchev–Trinajstić information content (AvgIpc) is 2.84. The summed E-state index contributed by atoms with van der Waals surface area (Å²) in [7, 11) is -0.709. The molecule has 7 heteroatoms. The van der Waals surface area contributed by atoms with E-state index >= 15 is 0 Å². The summed E-state index contributed by atoms with van der Waals surface area (Å²) in [5.41, 5.74) is 0.361. The van der Waals surface area contributed by atoms with Gasteiger partial charge in [-0.15, -0.1) is 11.3 Å². The zero-order chi connectivity index (χ0) is 17.1. The smallest absolute Gasteiger partial charge is 0.340 e. The predicted molar refractivity (Wildman–Crippen MR) is 92.0 cm³/mol. The van der Waals surface area contributed by atoms with Gasteiger partial charge in [0.1, 0.15) is 11.1 Å². The summed E-state index contributed by atoms with van der Waals surface area (Å²) in [6.07, 6.45) is -0.575. The van der Waals surface area contributed by atoms with E-state index in [-0.39, 0.29) is 10.9 Å². The maximum atomic E-state index is 12.3. The maximum absolute atomic E-state index is 12.3. The molecule has 0 bridgehead atoms. The van der Waals surface area contributed by atoms with Crippen molar-refractivity contribution in [2.75, 3.05) is 12.4 Å². The lowest BCUT2D eigenvalue weighted by molar-refractivity contribution is -0.122. The van der Waals surface area contributed by atoms with Gasteiger partial charge in [0.2, 0.25) is 0 Å². The third-order valence-electron chi connectivity index (χ3n) is 3.95. The fourth-order valence-electron chi connectivity index (χ4n) is 1.56. The second-order valence-corrected chi connectivity index (χ2v) is 12.3. The van der Waals surface area contributed by atoms with E-state index < -0.39 is 20.4 Å². The number of anilines is 1. The van der Waals surface area contributed by atoms with Gasteiger partial charge in [-0.05, 0) is 36.5 Å². The first-order valence-electron chi connectivity index (χ1n) is 7.14. The Hall–Kier alpha value is -1.18. The highest BCUT2D eigenvalue weighted by Gasteiger charge is 2.39. The lowest BCUT2D eigenvalue weighted by Gasteiger charge is -2.37. The second kappa shape index (κ2) is 6.93. The molecular weight excluding hydrogens is 318 g/mol. The van der Waals surface area contributed by atoms with Gasteiger partial charge in [0.25, 0.3) is 5.91 Å². The summed E-state index contributed by atoms with van der Waals surface area (Å²) in [5, 5.41) is 5.01. The van der Waals surface area contributed by atoms with Crippen LogP contribution in [0.5, 0.6) is 0 Å². The van der Waals surface area contributed by atoms with Crippen molar-refractivity contribution in [3.05, 3.63) is 17.0 Å². The fraction of sp³-hybridized carbons (Fsp3) is 0.600. The molecular formula is C15H25NO4SSi. The zero-order valence-corrected chi connectivity index (χ0v) is 16.1. The molecule has 1 aromatic rings. The normalized spacial score (nSPS) is 13.6. The Morgan fingerprint density at radius 3 is 2.41 bits per heavy atom. The fourth-order valence-corrected chi connectivity index (χ4v) is 3.69. The first-order chi connectivity index (χ1) is 9.99. The van der Waals surface area contributed by atoms with Crippen LogP contribution >= 0.6 is 11.3 Å². The van der Waals surface area contributed by atoms with Crippen molar-refractivity contribution in [3.8, 4) is 0 Å². The third kappa shape index (κ3) is 4.41. The number of ether oxygens (including phenoxy) is 1. The molecule has 0 fully saturated rings. The number of rotatable bonds is 5. The Morgan fingerprint density at radius 1 is 1.32 bits per heavy atom. The van der Waals surface area contributed by atoms with Crippen LogP contribution in [0.15, 0.2) is 11.4 Å². The van der Waals surface area contributed by atoms with Crippen LogP contribution in [0.25, 0.3) is 0 Å². The minimum Gasteiger partial charge on any atom is -0.465 e. The number of thiophene rings is 1. The van der Waals surface area contributed by atoms with Crippen LogP contribution < -0.4 is 5.32 Å². The molecule has 0 aliphatic rings. The summed E-state index contributed by atoms with van der Waals surface area (Å²) in [6, 6.07) is 1.63. The number of nitrogens with one attached hydrogen (secondary N) is 1. The van der Waals surface area contributed by atoms with Crippen LogP contribution in [0.4, 0.5) is 5.00 Å². The molecule has 1 heterocycles. The Bertz CT molecular complexity index is 548. The summed E-state index contributed by atoms with van der Waals surface area (Å²) < 4.78 is 10.7. The van der Waals surface area contributed by atoms with Crippen molar-refractivity contribution in [3.63, 3.8) is 0 Å². The largest absolute Gasteiger partial charge is 0.465 e. The average molecular weight is 344 g/mol. The molecule has 1 amide bonds. The van der Waals surface area contributed by atoms with Crippen molar-refractivity contribution in [1.82, 2.24) is 0 Å². The molecule has 0 aliphatic carbocycles. The molecule has 1 N–H and O–H groups in total. The van der Waals surface area contributed by atoms with E-state index in [1.807, 2.05) is 0 Å². The van der Waals surface area contributed by atoms with Gasteiger partial charge in [-0.3, -0.25) is 4.79 Å². The molecule has 5 nitrogen and oxygen atoms in total. The van der Waals surface area contributed by atoms with Crippen LogP contribution in [-0.2, 0) is 14.0 Å². The Balaban J connectivity index is 2.78. The van der Waals surface area contributed by atoms with Gasteiger partial charge < -0.3 is 14.5 Å². The van der Waals surface area contributed by atoms with Gasteiger partial charge in [0.05, 0.1) is 12.7 Å². The molecule has 0 radical (unpaired) electrons. The number of carbonyl (C=O) groups is 2. The highest BCUT2D eigenvalue weighted by Crippen LogP contribution is 2.37. The van der Waals surface area contributed by atoms with E-state index in [1.54, 1.807) is 18.4 Å². The van der Waals surface area contributed by atoms with Gasteiger partial charge in [0, 0.05) is 0 Å². The van der Waals surface area contributed by atoms with E-state index in [0.29, 0.717) is 10.6 Å². The SMILES string of the molecule is COC(=O)c1ccsc1NC(=O)C(C)O[Si](C)(C)C(C)(C)C. The molecule has 124 valence electrons. The van der Waals surface area contributed by atoms with E-state index in [1.165, 1.54) is 18.4 Å². The summed E-state index contributed by atoms with van der Waals surface area (Å²) >= 11 is 1.29. The van der Waals surface area contributed by atoms with Crippen molar-refractivity contribution in [1.29, 1.82) is 0 Å². The Labute approximate surface area is 137 Å². The van der Waals surface area contributed by atoms with Crippen molar-refractivity contribution in [2.24, 2.45) is 0 Å². The van der Waals surface area contributed by atoms with Gasteiger partial charge in [-0.25, -0.2) is 4.79 Å². The molecule has 0 aromatic carbocycles. The minimum absolute atomic E-state index is 0.0294. The van der Waals surface area contributed by atoms with E-state index in [9.17, 15) is 9.59 Å². The monoisotopic (exact) mass is 343 g/mol. The van der Waals surface area contributed by atoms with Crippen LogP contribution in [0.3, 0.4) is 0 Å². The Morgan fingerprint density at radius 2 is 1.91 bits per heavy atom. The molecule has 1 atom stereocenters. The Kier molecular flexibility index (Phi) is 5.94. The van der Waals surface area contributed by atoms with Crippen molar-refractivity contribution in [2.45, 2.75) is 51.9 Å².